The lowest BCUT2D eigenvalue weighted by atomic mass is 10.1. The number of aromatic nitrogens is 2. The number of nitrogens with two attached hydrogens (primary N) is 1. The van der Waals surface area contributed by atoms with Crippen LogP contribution in [0.5, 0.6) is 0 Å². The minimum atomic E-state index is -5.47. The molecule has 2 aromatic rings. The van der Waals surface area contributed by atoms with Crippen LogP contribution in [0.25, 0.3) is 11.0 Å². The number of aryl methyl sites for hydroxylation is 1. The summed E-state index contributed by atoms with van der Waals surface area (Å²) in [4.78, 5) is 3.52. The van der Waals surface area contributed by atoms with Gasteiger partial charge in [0.1, 0.15) is 5.82 Å². The van der Waals surface area contributed by atoms with E-state index in [0.29, 0.717) is 5.56 Å². The molecule has 9 heteroatoms. The maximum atomic E-state index is 12.8. The molecule has 0 atom stereocenters. The van der Waals surface area contributed by atoms with E-state index >= 15 is 0 Å². The van der Waals surface area contributed by atoms with E-state index in [1.807, 2.05) is 0 Å². The van der Waals surface area contributed by atoms with Crippen molar-refractivity contribution in [2.24, 2.45) is 12.8 Å². The summed E-state index contributed by atoms with van der Waals surface area (Å²) in [7, 11) is 1.12. The summed E-state index contributed by atoms with van der Waals surface area (Å²) in [5.74, 6) is -4.71. The molecule has 1 aromatic carbocycles. The summed E-state index contributed by atoms with van der Waals surface area (Å²) in [5.41, 5.74) is 6.19. The second-order valence-corrected chi connectivity index (χ2v) is 4.57. The summed E-state index contributed by atoms with van der Waals surface area (Å²) >= 11 is 0. The fourth-order valence-corrected chi connectivity index (χ4v) is 2.13. The number of halogens is 6. The van der Waals surface area contributed by atoms with Gasteiger partial charge in [0.15, 0.2) is 0 Å². The van der Waals surface area contributed by atoms with Crippen molar-refractivity contribution in [3.8, 4) is 0 Å². The van der Waals surface area contributed by atoms with Gasteiger partial charge in [0, 0.05) is 13.6 Å². The van der Waals surface area contributed by atoms with Crippen molar-refractivity contribution in [2.45, 2.75) is 24.8 Å². The Morgan fingerprint density at radius 2 is 1.71 bits per heavy atom. The van der Waals surface area contributed by atoms with Crippen LogP contribution in [0.3, 0.4) is 0 Å². The molecule has 0 unspecified atom stereocenters. The molecule has 0 aliphatic rings. The van der Waals surface area contributed by atoms with Crippen LogP contribution >= 0.6 is 0 Å². The molecule has 0 saturated heterocycles. The Labute approximate surface area is 115 Å². The Balaban J connectivity index is 2.66. The number of alkyl halides is 6. The van der Waals surface area contributed by atoms with Crippen molar-refractivity contribution >= 4 is 11.0 Å². The van der Waals surface area contributed by atoms with Gasteiger partial charge >= 0.3 is 12.4 Å². The van der Waals surface area contributed by atoms with Crippen LogP contribution in [-0.4, -0.2) is 21.9 Å². The summed E-state index contributed by atoms with van der Waals surface area (Å²) in [5, 5.41) is 0. The molecule has 2 N–H and O–H groups in total. The average Bonchev–Trinajstić information content (AvgIpc) is 2.62. The molecule has 116 valence electrons. The van der Waals surface area contributed by atoms with Crippen molar-refractivity contribution in [3.63, 3.8) is 0 Å². The number of benzene rings is 1. The highest BCUT2D eigenvalue weighted by molar-refractivity contribution is 5.77. The quantitative estimate of drug-likeness (QED) is 0.865. The van der Waals surface area contributed by atoms with Crippen LogP contribution in [0.2, 0.25) is 0 Å². The molecule has 0 spiro atoms. The number of rotatable bonds is 2. The first-order chi connectivity index (χ1) is 9.55. The highest BCUT2D eigenvalue weighted by Gasteiger charge is 2.59. The van der Waals surface area contributed by atoms with Gasteiger partial charge in [0.05, 0.1) is 11.0 Å². The second kappa shape index (κ2) is 4.90. The normalized spacial score (nSPS) is 13.4. The second-order valence-electron chi connectivity index (χ2n) is 4.57. The summed E-state index contributed by atoms with van der Waals surface area (Å²) in [6, 6.07) is 4.31. The third-order valence-electron chi connectivity index (χ3n) is 3.13. The highest BCUT2D eigenvalue weighted by Crippen LogP contribution is 2.46. The molecule has 0 radical (unpaired) electrons. The third kappa shape index (κ3) is 2.82. The molecular formula is C12H11F6N3. The first-order valence-corrected chi connectivity index (χ1v) is 5.84. The maximum Gasteiger partial charge on any atom is 0.407 e. The minimum absolute atomic E-state index is 0.0500. The molecule has 21 heavy (non-hydrogen) atoms. The van der Waals surface area contributed by atoms with Gasteiger partial charge < -0.3 is 10.3 Å². The molecule has 0 saturated carbocycles. The van der Waals surface area contributed by atoms with Crippen molar-refractivity contribution in [3.05, 3.63) is 29.6 Å². The van der Waals surface area contributed by atoms with Crippen LogP contribution in [0.4, 0.5) is 26.3 Å². The van der Waals surface area contributed by atoms with Gasteiger partial charge in [-0.3, -0.25) is 0 Å². The molecule has 3 nitrogen and oxygen atoms in total. The van der Waals surface area contributed by atoms with Gasteiger partial charge in [0.25, 0.3) is 0 Å². The number of hydrogen-bond donors (Lipinski definition) is 1. The summed E-state index contributed by atoms with van der Waals surface area (Å²) in [6.45, 7) is 0.115. The fourth-order valence-electron chi connectivity index (χ4n) is 2.13. The Morgan fingerprint density at radius 1 is 1.14 bits per heavy atom. The highest BCUT2D eigenvalue weighted by atomic mass is 19.4. The van der Waals surface area contributed by atoms with Gasteiger partial charge in [-0.25, -0.2) is 4.98 Å². The Kier molecular flexibility index (Phi) is 3.64. The van der Waals surface area contributed by atoms with Crippen molar-refractivity contribution in [1.82, 2.24) is 9.55 Å². The SMILES string of the molecule is Cn1c(C(C(F)(F)F)C(F)(F)F)nc2cc(CN)ccc21. The number of nitrogens with zero attached hydrogens (tertiary/aromatic N) is 2. The van der Waals surface area contributed by atoms with Gasteiger partial charge in [-0.15, -0.1) is 0 Å². The smallest absolute Gasteiger partial charge is 0.330 e. The molecule has 1 heterocycles. The van der Waals surface area contributed by atoms with E-state index in [1.165, 1.54) is 18.2 Å². The Morgan fingerprint density at radius 3 is 2.19 bits per heavy atom. The van der Waals surface area contributed by atoms with Crippen molar-refractivity contribution in [2.75, 3.05) is 0 Å². The fraction of sp³-hybridized carbons (Fsp3) is 0.417. The number of hydrogen-bond acceptors (Lipinski definition) is 2. The number of fused-ring (bicyclic) bond motifs is 1. The molecule has 2 rings (SSSR count). The molecule has 0 fully saturated rings. The monoisotopic (exact) mass is 311 g/mol. The lowest BCUT2D eigenvalue weighted by Gasteiger charge is -2.22. The van der Waals surface area contributed by atoms with E-state index in [-0.39, 0.29) is 17.6 Å². The minimum Gasteiger partial charge on any atom is -0.330 e. The van der Waals surface area contributed by atoms with E-state index in [0.717, 1.165) is 11.6 Å². The largest absolute Gasteiger partial charge is 0.407 e. The topological polar surface area (TPSA) is 43.8 Å². The number of imidazole rings is 1. The third-order valence-corrected chi connectivity index (χ3v) is 3.13. The van der Waals surface area contributed by atoms with E-state index < -0.39 is 24.1 Å². The van der Waals surface area contributed by atoms with Gasteiger partial charge in [-0.1, -0.05) is 6.07 Å². The molecule has 0 aliphatic heterocycles. The first-order valence-electron chi connectivity index (χ1n) is 5.84. The van der Waals surface area contributed by atoms with E-state index in [2.05, 4.69) is 4.98 Å². The van der Waals surface area contributed by atoms with Crippen LogP contribution in [0, 0.1) is 0 Å². The first kappa shape index (κ1) is 15.6. The lowest BCUT2D eigenvalue weighted by Crippen LogP contribution is -2.36. The van der Waals surface area contributed by atoms with Gasteiger partial charge in [-0.05, 0) is 17.7 Å². The molecular weight excluding hydrogens is 300 g/mol. The Hall–Kier alpha value is -1.77. The standard InChI is InChI=1S/C12H11F6N3/c1-21-8-3-2-6(5-19)4-7(8)20-10(21)9(11(13,14)15)12(16,17)18/h2-4,9H,5,19H2,1H3. The summed E-state index contributed by atoms with van der Waals surface area (Å²) < 4.78 is 77.4. The van der Waals surface area contributed by atoms with Gasteiger partial charge in [-0.2, -0.15) is 26.3 Å². The summed E-state index contributed by atoms with van der Waals surface area (Å²) in [6.07, 6.45) is -10.9. The average molecular weight is 311 g/mol. The van der Waals surface area contributed by atoms with Gasteiger partial charge in [0.2, 0.25) is 5.92 Å². The van der Waals surface area contributed by atoms with Crippen LogP contribution in [0.15, 0.2) is 18.2 Å². The van der Waals surface area contributed by atoms with Crippen molar-refractivity contribution in [1.29, 1.82) is 0 Å². The van der Waals surface area contributed by atoms with Crippen LogP contribution < -0.4 is 5.73 Å². The lowest BCUT2D eigenvalue weighted by molar-refractivity contribution is -0.255. The zero-order valence-electron chi connectivity index (χ0n) is 10.8. The molecule has 0 aliphatic carbocycles. The van der Waals surface area contributed by atoms with Crippen LogP contribution in [-0.2, 0) is 13.6 Å². The maximum absolute atomic E-state index is 12.8. The van der Waals surface area contributed by atoms with E-state index in [9.17, 15) is 26.3 Å². The molecule has 0 amide bonds. The molecule has 1 aromatic heterocycles. The van der Waals surface area contributed by atoms with Crippen LogP contribution in [0.1, 0.15) is 17.3 Å². The zero-order valence-corrected chi connectivity index (χ0v) is 10.8. The van der Waals surface area contributed by atoms with E-state index in [1.54, 1.807) is 0 Å². The predicted molar refractivity (Wildman–Crippen MR) is 63.5 cm³/mol. The predicted octanol–water partition coefficient (Wildman–Crippen LogP) is 3.24. The Bertz CT molecular complexity index is 641. The molecule has 0 bridgehead atoms. The van der Waals surface area contributed by atoms with E-state index in [4.69, 9.17) is 5.73 Å². The zero-order chi connectivity index (χ0) is 16.0. The van der Waals surface area contributed by atoms with Crippen molar-refractivity contribution < 1.29 is 26.3 Å².